The van der Waals surface area contributed by atoms with E-state index in [9.17, 15) is 22.8 Å². The number of benzene rings is 1. The zero-order valence-corrected chi connectivity index (χ0v) is 17.7. The quantitative estimate of drug-likeness (QED) is 0.541. The summed E-state index contributed by atoms with van der Waals surface area (Å²) in [5.74, 6) is -0.932. The molecule has 0 atom stereocenters. The van der Waals surface area contributed by atoms with Gasteiger partial charge in [0.25, 0.3) is 5.91 Å². The highest BCUT2D eigenvalue weighted by Crippen LogP contribution is 2.26. The van der Waals surface area contributed by atoms with Crippen molar-refractivity contribution in [2.75, 3.05) is 19.6 Å². The van der Waals surface area contributed by atoms with Crippen LogP contribution in [0.25, 0.3) is 5.65 Å². The van der Waals surface area contributed by atoms with Gasteiger partial charge in [-0.05, 0) is 31.3 Å². The van der Waals surface area contributed by atoms with Gasteiger partial charge in [-0.15, -0.1) is 18.3 Å². The van der Waals surface area contributed by atoms with E-state index in [0.29, 0.717) is 18.7 Å². The Labute approximate surface area is 182 Å². The van der Waals surface area contributed by atoms with Crippen molar-refractivity contribution in [2.45, 2.75) is 33.3 Å². The standard InChI is InChI=1S/C21H24F3N5O3/c1-3-27(4-2)11-12-29-20(31)28-14-16(9-10-18(28)26-29)19(30)25-13-15-7-5-6-8-17(15)32-21(22,23)24/h5-10,14H,3-4,11-13H2,1-2H3,(H,25,30). The Balaban J connectivity index is 1.73. The Kier molecular flexibility index (Phi) is 7.18. The fraction of sp³-hybridized carbons (Fsp3) is 0.381. The Morgan fingerprint density at radius 1 is 1.16 bits per heavy atom. The first-order valence-electron chi connectivity index (χ1n) is 10.1. The summed E-state index contributed by atoms with van der Waals surface area (Å²) in [5.41, 5.74) is 0.374. The second-order valence-corrected chi connectivity index (χ2v) is 7.02. The van der Waals surface area contributed by atoms with E-state index < -0.39 is 12.3 Å². The van der Waals surface area contributed by atoms with Crippen LogP contribution >= 0.6 is 0 Å². The maximum absolute atomic E-state index is 12.6. The average molecular weight is 451 g/mol. The zero-order chi connectivity index (χ0) is 23.3. The Hall–Kier alpha value is -3.34. The first kappa shape index (κ1) is 23.3. The van der Waals surface area contributed by atoms with E-state index in [1.54, 1.807) is 12.1 Å². The number of alkyl halides is 3. The van der Waals surface area contributed by atoms with Crippen molar-refractivity contribution in [3.63, 3.8) is 0 Å². The molecule has 3 aromatic rings. The molecule has 0 aliphatic carbocycles. The summed E-state index contributed by atoms with van der Waals surface area (Å²) in [5, 5.41) is 6.83. The van der Waals surface area contributed by atoms with E-state index in [4.69, 9.17) is 0 Å². The van der Waals surface area contributed by atoms with Crippen LogP contribution in [-0.4, -0.2) is 51.0 Å². The van der Waals surface area contributed by atoms with Gasteiger partial charge in [0.1, 0.15) is 5.75 Å². The van der Waals surface area contributed by atoms with Gasteiger partial charge in [-0.3, -0.25) is 4.79 Å². The number of aromatic nitrogens is 3. The summed E-state index contributed by atoms with van der Waals surface area (Å²) in [6.45, 7) is 6.70. The topological polar surface area (TPSA) is 80.9 Å². The van der Waals surface area contributed by atoms with Gasteiger partial charge < -0.3 is 15.0 Å². The molecule has 11 heteroatoms. The van der Waals surface area contributed by atoms with Crippen LogP contribution in [0, 0.1) is 0 Å². The van der Waals surface area contributed by atoms with Gasteiger partial charge >= 0.3 is 12.1 Å². The summed E-state index contributed by atoms with van der Waals surface area (Å²) < 4.78 is 44.3. The highest BCUT2D eigenvalue weighted by Gasteiger charge is 2.32. The van der Waals surface area contributed by atoms with Crippen LogP contribution in [-0.2, 0) is 13.1 Å². The lowest BCUT2D eigenvalue weighted by molar-refractivity contribution is -0.274. The summed E-state index contributed by atoms with van der Waals surface area (Å²) in [6.07, 6.45) is -3.47. The van der Waals surface area contributed by atoms with Crippen molar-refractivity contribution < 1.29 is 22.7 Å². The minimum absolute atomic E-state index is 0.167. The number of nitrogens with zero attached hydrogens (tertiary/aromatic N) is 4. The molecule has 0 aliphatic rings. The highest BCUT2D eigenvalue weighted by atomic mass is 19.4. The maximum atomic E-state index is 12.6. The molecule has 0 saturated carbocycles. The Morgan fingerprint density at radius 3 is 2.56 bits per heavy atom. The molecule has 2 aromatic heterocycles. The van der Waals surface area contributed by atoms with Crippen molar-refractivity contribution >= 4 is 11.6 Å². The largest absolute Gasteiger partial charge is 0.573 e. The van der Waals surface area contributed by atoms with Crippen LogP contribution in [0.2, 0.25) is 0 Å². The third-order valence-corrected chi connectivity index (χ3v) is 5.00. The van der Waals surface area contributed by atoms with E-state index in [0.717, 1.165) is 13.1 Å². The molecule has 2 heterocycles. The van der Waals surface area contributed by atoms with E-state index in [2.05, 4.69) is 20.1 Å². The number of carbonyl (C=O) groups excluding carboxylic acids is 1. The summed E-state index contributed by atoms with van der Waals surface area (Å²) in [4.78, 5) is 27.3. The number of carbonyl (C=O) groups is 1. The predicted octanol–water partition coefficient (Wildman–Crippen LogP) is 2.67. The van der Waals surface area contributed by atoms with Gasteiger partial charge in [0.15, 0.2) is 5.65 Å². The molecule has 1 N–H and O–H groups in total. The number of hydrogen-bond donors (Lipinski definition) is 1. The van der Waals surface area contributed by atoms with E-state index in [-0.39, 0.29) is 29.1 Å². The highest BCUT2D eigenvalue weighted by molar-refractivity contribution is 5.94. The van der Waals surface area contributed by atoms with Gasteiger partial charge in [-0.25, -0.2) is 13.9 Å². The van der Waals surface area contributed by atoms with Crippen LogP contribution in [0.15, 0.2) is 47.4 Å². The van der Waals surface area contributed by atoms with Crippen LogP contribution in [0.5, 0.6) is 5.75 Å². The third-order valence-electron chi connectivity index (χ3n) is 5.00. The minimum atomic E-state index is -4.84. The summed E-state index contributed by atoms with van der Waals surface area (Å²) >= 11 is 0. The summed E-state index contributed by atoms with van der Waals surface area (Å²) in [7, 11) is 0. The molecule has 1 amide bonds. The number of nitrogens with one attached hydrogen (secondary N) is 1. The molecule has 3 rings (SSSR count). The fourth-order valence-electron chi connectivity index (χ4n) is 3.23. The monoisotopic (exact) mass is 451 g/mol. The van der Waals surface area contributed by atoms with Gasteiger partial charge in [0.2, 0.25) is 0 Å². The number of para-hydroxylation sites is 1. The maximum Gasteiger partial charge on any atom is 0.573 e. The number of likely N-dealkylation sites (N-methyl/N-ethyl adjacent to an activating group) is 1. The van der Waals surface area contributed by atoms with Crippen LogP contribution in [0.3, 0.4) is 0 Å². The number of fused-ring (bicyclic) bond motifs is 1. The molecule has 0 unspecified atom stereocenters. The van der Waals surface area contributed by atoms with Crippen molar-refractivity contribution in [1.29, 1.82) is 0 Å². The van der Waals surface area contributed by atoms with Gasteiger partial charge in [0.05, 0.1) is 12.1 Å². The number of pyridine rings is 1. The molecule has 0 fully saturated rings. The Morgan fingerprint density at radius 2 is 1.88 bits per heavy atom. The number of ether oxygens (including phenoxy) is 1. The van der Waals surface area contributed by atoms with E-state index in [1.165, 1.54) is 39.5 Å². The second kappa shape index (κ2) is 9.86. The zero-order valence-electron chi connectivity index (χ0n) is 17.7. The normalized spacial score (nSPS) is 11.8. The third kappa shape index (κ3) is 5.67. The van der Waals surface area contributed by atoms with Crippen molar-refractivity contribution in [3.8, 4) is 5.75 Å². The second-order valence-electron chi connectivity index (χ2n) is 7.02. The molecule has 8 nitrogen and oxygen atoms in total. The number of hydrogen-bond acceptors (Lipinski definition) is 5. The fourth-order valence-corrected chi connectivity index (χ4v) is 3.23. The Bertz CT molecular complexity index is 1140. The molecule has 1 aromatic carbocycles. The van der Waals surface area contributed by atoms with E-state index >= 15 is 0 Å². The lowest BCUT2D eigenvalue weighted by atomic mass is 10.2. The molecule has 0 radical (unpaired) electrons. The van der Waals surface area contributed by atoms with Gasteiger partial charge in [0, 0.05) is 24.8 Å². The lowest BCUT2D eigenvalue weighted by Crippen LogP contribution is -2.31. The van der Waals surface area contributed by atoms with Gasteiger partial charge in [-0.1, -0.05) is 32.0 Å². The molecule has 32 heavy (non-hydrogen) atoms. The molecule has 0 aliphatic heterocycles. The molecular formula is C21H24F3N5O3. The van der Waals surface area contributed by atoms with E-state index in [1.807, 2.05) is 13.8 Å². The molecule has 0 saturated heterocycles. The number of rotatable bonds is 9. The number of amides is 1. The van der Waals surface area contributed by atoms with Gasteiger partial charge in [-0.2, -0.15) is 0 Å². The van der Waals surface area contributed by atoms with Crippen molar-refractivity contribution in [1.82, 2.24) is 24.4 Å². The lowest BCUT2D eigenvalue weighted by Gasteiger charge is -2.16. The molecule has 0 bridgehead atoms. The summed E-state index contributed by atoms with van der Waals surface area (Å²) in [6, 6.07) is 8.60. The first-order valence-corrected chi connectivity index (χ1v) is 10.1. The van der Waals surface area contributed by atoms with Crippen LogP contribution < -0.4 is 15.7 Å². The van der Waals surface area contributed by atoms with Crippen molar-refractivity contribution in [2.24, 2.45) is 0 Å². The minimum Gasteiger partial charge on any atom is -0.405 e. The molecular weight excluding hydrogens is 427 g/mol. The van der Waals surface area contributed by atoms with Crippen molar-refractivity contribution in [3.05, 3.63) is 64.2 Å². The van der Waals surface area contributed by atoms with Crippen LogP contribution in [0.1, 0.15) is 29.8 Å². The number of halogens is 3. The average Bonchev–Trinajstić information content (AvgIpc) is 3.07. The van der Waals surface area contributed by atoms with Crippen LogP contribution in [0.4, 0.5) is 13.2 Å². The molecule has 0 spiro atoms. The first-order chi connectivity index (χ1) is 15.2. The predicted molar refractivity (Wildman–Crippen MR) is 112 cm³/mol. The smallest absolute Gasteiger partial charge is 0.405 e. The molecule has 172 valence electrons. The SMILES string of the molecule is CCN(CC)CCn1nc2ccc(C(=O)NCc3ccccc3OC(F)(F)F)cn2c1=O.